The minimum absolute atomic E-state index is 0.148. The Labute approximate surface area is 200 Å². The van der Waals surface area contributed by atoms with Crippen molar-refractivity contribution in [3.05, 3.63) is 88.5 Å². The molecule has 0 unspecified atom stereocenters. The molecule has 4 rings (SSSR count). The first-order chi connectivity index (χ1) is 16.3. The number of hydrogen-bond donors (Lipinski definition) is 1. The first-order valence-electron chi connectivity index (χ1n) is 10.3. The van der Waals surface area contributed by atoms with Gasteiger partial charge in [-0.2, -0.15) is 4.99 Å². The van der Waals surface area contributed by atoms with Crippen molar-refractivity contribution >= 4 is 43.2 Å². The maximum atomic E-state index is 13.7. The van der Waals surface area contributed by atoms with Gasteiger partial charge >= 0.3 is 0 Å². The number of methoxy groups -OCH3 is 1. The fraction of sp³-hybridized carbons (Fsp3) is 0.167. The molecule has 0 bridgehead atoms. The van der Waals surface area contributed by atoms with Gasteiger partial charge in [0.25, 0.3) is 15.9 Å². The first-order valence-corrected chi connectivity index (χ1v) is 12.6. The van der Waals surface area contributed by atoms with E-state index in [1.54, 1.807) is 25.3 Å². The van der Waals surface area contributed by atoms with Gasteiger partial charge in [0.2, 0.25) is 0 Å². The Morgan fingerprint density at radius 2 is 1.79 bits per heavy atom. The van der Waals surface area contributed by atoms with Crippen LogP contribution in [0.2, 0.25) is 0 Å². The molecule has 1 aromatic heterocycles. The van der Waals surface area contributed by atoms with Crippen molar-refractivity contribution in [2.24, 2.45) is 4.99 Å². The summed E-state index contributed by atoms with van der Waals surface area (Å²) in [6.07, 6.45) is 0. The molecule has 1 N–H and O–H groups in total. The number of carbonyl (C=O) groups is 1. The molecular weight excluding hydrogens is 477 g/mol. The molecule has 0 aliphatic carbocycles. The summed E-state index contributed by atoms with van der Waals surface area (Å²) < 4.78 is 48.9. The Morgan fingerprint density at radius 3 is 2.47 bits per heavy atom. The van der Waals surface area contributed by atoms with E-state index in [1.165, 1.54) is 59.9 Å². The SMILES string of the molecule is COCCn1c(=NC(=O)c2ccc(NS(=O)(=O)c3ccc(C)cc3)cc2)sc2cc(F)ccc21. The molecule has 3 aromatic carbocycles. The molecule has 0 aliphatic heterocycles. The van der Waals surface area contributed by atoms with Gasteiger partial charge in [-0.25, -0.2) is 12.8 Å². The zero-order chi connectivity index (χ0) is 24.3. The molecular formula is C24H22FN3O4S2. The lowest BCUT2D eigenvalue weighted by molar-refractivity contribution is 0.0997. The Balaban J connectivity index is 1.59. The van der Waals surface area contributed by atoms with E-state index in [0.717, 1.165) is 11.1 Å². The summed E-state index contributed by atoms with van der Waals surface area (Å²) >= 11 is 1.21. The third-order valence-electron chi connectivity index (χ3n) is 5.08. The maximum Gasteiger partial charge on any atom is 0.279 e. The number of aryl methyl sites for hydroxylation is 1. The minimum atomic E-state index is -3.75. The van der Waals surface area contributed by atoms with Gasteiger partial charge in [0.1, 0.15) is 5.82 Å². The normalized spacial score (nSPS) is 12.3. The van der Waals surface area contributed by atoms with Crippen molar-refractivity contribution in [2.45, 2.75) is 18.4 Å². The third kappa shape index (κ3) is 5.24. The Bertz CT molecular complexity index is 1510. The Hall–Kier alpha value is -3.34. The lowest BCUT2D eigenvalue weighted by Crippen LogP contribution is -2.19. The van der Waals surface area contributed by atoms with Crippen molar-refractivity contribution in [1.82, 2.24) is 4.57 Å². The van der Waals surface area contributed by atoms with Gasteiger partial charge in [0.05, 0.1) is 21.7 Å². The number of aromatic nitrogens is 1. The summed E-state index contributed by atoms with van der Waals surface area (Å²) in [5.41, 5.74) is 2.33. The van der Waals surface area contributed by atoms with Crippen LogP contribution in [0, 0.1) is 12.7 Å². The van der Waals surface area contributed by atoms with Crippen LogP contribution in [-0.2, 0) is 21.3 Å². The summed E-state index contributed by atoms with van der Waals surface area (Å²) in [6, 6.07) is 16.9. The fourth-order valence-corrected chi connectivity index (χ4v) is 5.43. The number of fused-ring (bicyclic) bond motifs is 1. The number of rotatable bonds is 7. The molecule has 1 heterocycles. The second kappa shape index (κ2) is 9.88. The topological polar surface area (TPSA) is 89.8 Å². The second-order valence-electron chi connectivity index (χ2n) is 7.55. The largest absolute Gasteiger partial charge is 0.383 e. The summed E-state index contributed by atoms with van der Waals surface area (Å²) in [5.74, 6) is -0.861. The summed E-state index contributed by atoms with van der Waals surface area (Å²) in [5, 5.41) is 0. The highest BCUT2D eigenvalue weighted by atomic mass is 32.2. The zero-order valence-electron chi connectivity index (χ0n) is 18.5. The van der Waals surface area contributed by atoms with Crippen LogP contribution in [0.3, 0.4) is 0 Å². The number of benzene rings is 3. The number of sulfonamides is 1. The summed E-state index contributed by atoms with van der Waals surface area (Å²) in [6.45, 7) is 2.73. The Kier molecular flexibility index (Phi) is 6.92. The van der Waals surface area contributed by atoms with Crippen LogP contribution >= 0.6 is 11.3 Å². The van der Waals surface area contributed by atoms with Gasteiger partial charge in [-0.15, -0.1) is 0 Å². The van der Waals surface area contributed by atoms with Gasteiger partial charge in [0.15, 0.2) is 4.80 Å². The average Bonchev–Trinajstić information content (AvgIpc) is 3.13. The van der Waals surface area contributed by atoms with Gasteiger partial charge in [0, 0.05) is 24.9 Å². The van der Waals surface area contributed by atoms with Gasteiger partial charge in [-0.05, 0) is 61.5 Å². The molecule has 1 amide bonds. The molecule has 0 fully saturated rings. The number of hydrogen-bond acceptors (Lipinski definition) is 5. The predicted octanol–water partition coefficient (Wildman–Crippen LogP) is 4.34. The average molecular weight is 500 g/mol. The number of amides is 1. The van der Waals surface area contributed by atoms with E-state index in [0.29, 0.717) is 33.9 Å². The molecule has 0 saturated carbocycles. The van der Waals surface area contributed by atoms with Crippen LogP contribution in [0.1, 0.15) is 15.9 Å². The number of halogens is 1. The molecule has 4 aromatic rings. The van der Waals surface area contributed by atoms with E-state index in [2.05, 4.69) is 9.71 Å². The number of nitrogens with one attached hydrogen (secondary N) is 1. The molecule has 0 saturated heterocycles. The van der Waals surface area contributed by atoms with Crippen molar-refractivity contribution in [1.29, 1.82) is 0 Å². The molecule has 0 atom stereocenters. The molecule has 34 heavy (non-hydrogen) atoms. The third-order valence-corrected chi connectivity index (χ3v) is 7.51. The van der Waals surface area contributed by atoms with Crippen LogP contribution in [-0.4, -0.2) is 32.6 Å². The van der Waals surface area contributed by atoms with Crippen LogP contribution < -0.4 is 9.52 Å². The molecule has 10 heteroatoms. The van der Waals surface area contributed by atoms with E-state index in [9.17, 15) is 17.6 Å². The van der Waals surface area contributed by atoms with E-state index in [4.69, 9.17) is 4.74 Å². The van der Waals surface area contributed by atoms with Crippen molar-refractivity contribution in [3.63, 3.8) is 0 Å². The number of anilines is 1. The fourth-order valence-electron chi connectivity index (χ4n) is 3.29. The number of ether oxygens (including phenoxy) is 1. The predicted molar refractivity (Wildman–Crippen MR) is 130 cm³/mol. The first kappa shape index (κ1) is 23.8. The lowest BCUT2D eigenvalue weighted by atomic mass is 10.2. The quantitative estimate of drug-likeness (QED) is 0.410. The monoisotopic (exact) mass is 499 g/mol. The van der Waals surface area contributed by atoms with Crippen molar-refractivity contribution in [3.8, 4) is 0 Å². The number of thiazole rings is 1. The van der Waals surface area contributed by atoms with Gasteiger partial charge in [-0.1, -0.05) is 29.0 Å². The van der Waals surface area contributed by atoms with Gasteiger partial charge in [-0.3, -0.25) is 9.52 Å². The van der Waals surface area contributed by atoms with Gasteiger partial charge < -0.3 is 9.30 Å². The highest BCUT2D eigenvalue weighted by Crippen LogP contribution is 2.20. The van der Waals surface area contributed by atoms with Crippen LogP contribution in [0.25, 0.3) is 10.2 Å². The molecule has 0 aliphatic rings. The molecule has 7 nitrogen and oxygen atoms in total. The summed E-state index contributed by atoms with van der Waals surface area (Å²) in [7, 11) is -2.17. The number of nitrogens with zero attached hydrogens (tertiary/aromatic N) is 2. The van der Waals surface area contributed by atoms with E-state index in [-0.39, 0.29) is 10.7 Å². The van der Waals surface area contributed by atoms with Crippen LogP contribution in [0.4, 0.5) is 10.1 Å². The molecule has 0 radical (unpaired) electrons. The highest BCUT2D eigenvalue weighted by molar-refractivity contribution is 7.92. The Morgan fingerprint density at radius 1 is 1.09 bits per heavy atom. The van der Waals surface area contributed by atoms with Crippen LogP contribution in [0.15, 0.2) is 76.6 Å². The van der Waals surface area contributed by atoms with Crippen LogP contribution in [0.5, 0.6) is 0 Å². The second-order valence-corrected chi connectivity index (χ2v) is 10.2. The molecule has 0 spiro atoms. The molecule has 176 valence electrons. The highest BCUT2D eigenvalue weighted by Gasteiger charge is 2.15. The minimum Gasteiger partial charge on any atom is -0.383 e. The summed E-state index contributed by atoms with van der Waals surface area (Å²) in [4.78, 5) is 17.6. The van der Waals surface area contributed by atoms with Crippen molar-refractivity contribution in [2.75, 3.05) is 18.4 Å². The van der Waals surface area contributed by atoms with E-state index in [1.807, 2.05) is 11.5 Å². The zero-order valence-corrected chi connectivity index (χ0v) is 20.1. The number of carbonyl (C=O) groups excluding carboxylic acids is 1. The maximum absolute atomic E-state index is 13.7. The smallest absolute Gasteiger partial charge is 0.279 e. The van der Waals surface area contributed by atoms with E-state index >= 15 is 0 Å². The lowest BCUT2D eigenvalue weighted by Gasteiger charge is -2.08. The van der Waals surface area contributed by atoms with Crippen molar-refractivity contribution < 1.29 is 22.3 Å². The van der Waals surface area contributed by atoms with E-state index < -0.39 is 15.9 Å². The standard InChI is InChI=1S/C24H22FN3O4S2/c1-16-3-10-20(11-4-16)34(30,31)27-19-8-5-17(6-9-19)23(29)26-24-28(13-14-32-2)21-12-7-18(25)15-22(21)33-24/h3-12,15,27H,13-14H2,1-2H3.